The van der Waals surface area contributed by atoms with Gasteiger partial charge in [-0.15, -0.1) is 0 Å². The van der Waals surface area contributed by atoms with Crippen LogP contribution in [0.4, 0.5) is 0 Å². The van der Waals surface area contributed by atoms with Gasteiger partial charge in [0.2, 0.25) is 0 Å². The van der Waals surface area contributed by atoms with Crippen LogP contribution < -0.4 is 5.46 Å². The molecule has 2 nitrogen and oxygen atoms in total. The van der Waals surface area contributed by atoms with Gasteiger partial charge in [0.15, 0.2) is 0 Å². The van der Waals surface area contributed by atoms with E-state index in [0.717, 1.165) is 5.46 Å². The van der Waals surface area contributed by atoms with Gasteiger partial charge in [0.05, 0.1) is 11.2 Å². The first-order chi connectivity index (χ1) is 17.8. The van der Waals surface area contributed by atoms with Crippen LogP contribution in [-0.2, 0) is 9.31 Å². The zero-order valence-corrected chi connectivity index (χ0v) is 21.9. The second-order valence-corrected chi connectivity index (χ2v) is 10.9. The largest absolute Gasteiger partial charge is 0.494 e. The molecule has 0 bridgehead atoms. The monoisotopic (exact) mass is 482 g/mol. The van der Waals surface area contributed by atoms with E-state index in [2.05, 4.69) is 143 Å². The third kappa shape index (κ3) is 4.39. The summed E-state index contributed by atoms with van der Waals surface area (Å²) in [7, 11) is -0.347. The highest BCUT2D eigenvalue weighted by atomic mass is 16.7. The first-order valence-electron chi connectivity index (χ1n) is 13.0. The maximum atomic E-state index is 6.25. The summed E-state index contributed by atoms with van der Waals surface area (Å²) in [5, 5.41) is 2.39. The molecular formula is C34H31BO2. The Morgan fingerprint density at radius 3 is 1.59 bits per heavy atom. The van der Waals surface area contributed by atoms with Crippen LogP contribution in [0.25, 0.3) is 44.2 Å². The molecule has 5 aromatic carbocycles. The lowest BCUT2D eigenvalue weighted by Gasteiger charge is -2.32. The Morgan fingerprint density at radius 2 is 0.946 bits per heavy atom. The fourth-order valence-electron chi connectivity index (χ4n) is 5.02. The molecule has 0 N–H and O–H groups in total. The molecule has 1 aliphatic heterocycles. The highest BCUT2D eigenvalue weighted by Crippen LogP contribution is 2.37. The van der Waals surface area contributed by atoms with Crippen molar-refractivity contribution >= 4 is 23.4 Å². The molecule has 1 saturated heterocycles. The molecule has 3 heteroatoms. The van der Waals surface area contributed by atoms with Crippen molar-refractivity contribution in [3.63, 3.8) is 0 Å². The van der Waals surface area contributed by atoms with Crippen molar-refractivity contribution in [2.75, 3.05) is 0 Å². The van der Waals surface area contributed by atoms with Gasteiger partial charge in [0, 0.05) is 0 Å². The molecule has 0 aromatic heterocycles. The molecule has 37 heavy (non-hydrogen) atoms. The summed E-state index contributed by atoms with van der Waals surface area (Å²) < 4.78 is 12.5. The molecule has 0 spiro atoms. The van der Waals surface area contributed by atoms with Crippen molar-refractivity contribution in [3.05, 3.63) is 115 Å². The molecule has 0 atom stereocenters. The van der Waals surface area contributed by atoms with Crippen molar-refractivity contribution in [2.45, 2.75) is 38.9 Å². The fourth-order valence-corrected chi connectivity index (χ4v) is 5.02. The first kappa shape index (κ1) is 23.7. The number of hydrogen-bond acceptors (Lipinski definition) is 2. The van der Waals surface area contributed by atoms with Crippen LogP contribution in [-0.4, -0.2) is 18.3 Å². The topological polar surface area (TPSA) is 18.5 Å². The van der Waals surface area contributed by atoms with Crippen LogP contribution in [0, 0.1) is 0 Å². The SMILES string of the molecule is CC1(C)OB(c2ccc3cc(-c4ccc(-c5ccccc5-c5ccccc5)cc4)ccc3c2)OC1(C)C. The summed E-state index contributed by atoms with van der Waals surface area (Å²) >= 11 is 0. The van der Waals surface area contributed by atoms with Crippen LogP contribution in [0.5, 0.6) is 0 Å². The van der Waals surface area contributed by atoms with E-state index in [1.54, 1.807) is 0 Å². The fraction of sp³-hybridized carbons (Fsp3) is 0.176. The zero-order valence-electron chi connectivity index (χ0n) is 21.9. The van der Waals surface area contributed by atoms with Crippen LogP contribution in [0.3, 0.4) is 0 Å². The Hall–Kier alpha value is -3.66. The lowest BCUT2D eigenvalue weighted by atomic mass is 9.78. The highest BCUT2D eigenvalue weighted by molar-refractivity contribution is 6.62. The highest BCUT2D eigenvalue weighted by Gasteiger charge is 2.51. The van der Waals surface area contributed by atoms with E-state index in [1.807, 2.05) is 0 Å². The Bertz CT molecular complexity index is 1550. The van der Waals surface area contributed by atoms with E-state index in [-0.39, 0.29) is 18.3 Å². The minimum Gasteiger partial charge on any atom is -0.399 e. The Labute approximate surface area is 220 Å². The number of fused-ring (bicyclic) bond motifs is 1. The van der Waals surface area contributed by atoms with Gasteiger partial charge in [-0.2, -0.15) is 0 Å². The predicted octanol–water partition coefficient (Wildman–Crippen LogP) is 8.14. The average molecular weight is 482 g/mol. The van der Waals surface area contributed by atoms with E-state index >= 15 is 0 Å². The first-order valence-corrected chi connectivity index (χ1v) is 13.0. The third-order valence-corrected chi connectivity index (χ3v) is 7.93. The van der Waals surface area contributed by atoms with Gasteiger partial charge >= 0.3 is 7.12 Å². The summed E-state index contributed by atoms with van der Waals surface area (Å²) in [5.74, 6) is 0. The molecule has 0 radical (unpaired) electrons. The Kier molecular flexibility index (Phi) is 5.79. The van der Waals surface area contributed by atoms with Crippen LogP contribution in [0.15, 0.2) is 115 Å². The Balaban J connectivity index is 1.28. The molecule has 1 heterocycles. The van der Waals surface area contributed by atoms with Gasteiger partial charge in [0.25, 0.3) is 0 Å². The summed E-state index contributed by atoms with van der Waals surface area (Å²) in [6, 6.07) is 41.2. The van der Waals surface area contributed by atoms with Gasteiger partial charge in [0.1, 0.15) is 0 Å². The molecule has 182 valence electrons. The van der Waals surface area contributed by atoms with Gasteiger partial charge < -0.3 is 9.31 Å². The molecule has 1 fully saturated rings. The van der Waals surface area contributed by atoms with Crippen LogP contribution in [0.1, 0.15) is 27.7 Å². The van der Waals surface area contributed by atoms with Crippen molar-refractivity contribution in [2.24, 2.45) is 0 Å². The lowest BCUT2D eigenvalue weighted by Crippen LogP contribution is -2.41. The van der Waals surface area contributed by atoms with Crippen LogP contribution >= 0.6 is 0 Å². The smallest absolute Gasteiger partial charge is 0.399 e. The maximum absolute atomic E-state index is 6.25. The van der Waals surface area contributed by atoms with Gasteiger partial charge in [-0.1, -0.05) is 109 Å². The zero-order chi connectivity index (χ0) is 25.6. The number of rotatable bonds is 4. The summed E-state index contributed by atoms with van der Waals surface area (Å²) in [5.41, 5.74) is 7.73. The standard InChI is InChI=1S/C34H31BO2/c1-33(2)34(3,4)37-35(36-33)30-21-20-28-22-27(18-19-29(28)23-30)24-14-16-26(17-15-24)32-13-9-8-12-31(32)25-10-6-5-7-11-25/h5-23H,1-4H3. The molecular weight excluding hydrogens is 451 g/mol. The normalized spacial score (nSPS) is 16.3. The lowest BCUT2D eigenvalue weighted by molar-refractivity contribution is 0.00578. The molecule has 5 aromatic rings. The molecule has 0 aliphatic carbocycles. The predicted molar refractivity (Wildman–Crippen MR) is 156 cm³/mol. The third-order valence-electron chi connectivity index (χ3n) is 7.93. The van der Waals surface area contributed by atoms with Crippen molar-refractivity contribution in [1.82, 2.24) is 0 Å². The second-order valence-electron chi connectivity index (χ2n) is 10.9. The second kappa shape index (κ2) is 9.02. The van der Waals surface area contributed by atoms with E-state index < -0.39 is 0 Å². The molecule has 0 unspecified atom stereocenters. The summed E-state index contributed by atoms with van der Waals surface area (Å²) in [4.78, 5) is 0. The quantitative estimate of drug-likeness (QED) is 0.241. The molecule has 0 amide bonds. The molecule has 6 rings (SSSR count). The number of benzene rings is 5. The van der Waals surface area contributed by atoms with Crippen molar-refractivity contribution in [1.29, 1.82) is 0 Å². The van der Waals surface area contributed by atoms with Crippen molar-refractivity contribution < 1.29 is 9.31 Å². The van der Waals surface area contributed by atoms with Gasteiger partial charge in [-0.3, -0.25) is 0 Å². The average Bonchev–Trinajstić information content (AvgIpc) is 3.15. The minimum atomic E-state index is -0.347. The van der Waals surface area contributed by atoms with E-state index in [1.165, 1.54) is 44.2 Å². The van der Waals surface area contributed by atoms with E-state index in [9.17, 15) is 0 Å². The molecule has 1 aliphatic rings. The van der Waals surface area contributed by atoms with Gasteiger partial charge in [-0.25, -0.2) is 0 Å². The minimum absolute atomic E-state index is 0.343. The van der Waals surface area contributed by atoms with E-state index in [4.69, 9.17) is 9.31 Å². The summed E-state index contributed by atoms with van der Waals surface area (Å²) in [6.07, 6.45) is 0. The number of hydrogen-bond donors (Lipinski definition) is 0. The maximum Gasteiger partial charge on any atom is 0.494 e. The van der Waals surface area contributed by atoms with Gasteiger partial charge in [-0.05, 0) is 83.4 Å². The van der Waals surface area contributed by atoms with Crippen LogP contribution in [0.2, 0.25) is 0 Å². The Morgan fingerprint density at radius 1 is 0.459 bits per heavy atom. The molecule has 0 saturated carbocycles. The van der Waals surface area contributed by atoms with E-state index in [0.29, 0.717) is 0 Å². The summed E-state index contributed by atoms with van der Waals surface area (Å²) in [6.45, 7) is 8.36. The van der Waals surface area contributed by atoms with Crippen molar-refractivity contribution in [3.8, 4) is 33.4 Å².